The minimum Gasteiger partial charge on any atom is -0.458 e. The molecule has 2 amide bonds. The number of nitrogens with zero attached hydrogens (tertiary/aromatic N) is 2. The molecule has 0 aromatic heterocycles. The zero-order chi connectivity index (χ0) is 15.5. The number of hydrogen-bond donors (Lipinski definition) is 1. The molecular weight excluding hydrogens is 262 g/mol. The maximum absolute atomic E-state index is 11.9. The van der Waals surface area contributed by atoms with Crippen LogP contribution in [0.3, 0.4) is 0 Å². The van der Waals surface area contributed by atoms with Gasteiger partial charge in [0.25, 0.3) is 5.91 Å². The fourth-order valence-electron chi connectivity index (χ4n) is 1.56. The lowest BCUT2D eigenvalue weighted by molar-refractivity contribution is -0.157. The van der Waals surface area contributed by atoms with Crippen LogP contribution in [0.5, 0.6) is 0 Å². The van der Waals surface area contributed by atoms with Crippen LogP contribution in [-0.2, 0) is 19.1 Å². The second kappa shape index (κ2) is 6.02. The molecule has 0 aromatic carbocycles. The summed E-state index contributed by atoms with van der Waals surface area (Å²) in [5.74, 6) is -1.10. The maximum Gasteiger partial charge on any atom is 0.328 e. The summed E-state index contributed by atoms with van der Waals surface area (Å²) in [6.07, 6.45) is 0.514. The van der Waals surface area contributed by atoms with Crippen LogP contribution in [0.25, 0.3) is 0 Å². The monoisotopic (exact) mass is 283 g/mol. The first-order valence-corrected chi connectivity index (χ1v) is 6.48. The van der Waals surface area contributed by atoms with Crippen LogP contribution in [0, 0.1) is 0 Å². The number of carbonyl (C=O) groups excluding carboxylic acids is 3. The van der Waals surface area contributed by atoms with Gasteiger partial charge in [-0.05, 0) is 27.7 Å². The summed E-state index contributed by atoms with van der Waals surface area (Å²) >= 11 is 0. The highest BCUT2D eigenvalue weighted by Gasteiger charge is 2.27. The lowest BCUT2D eigenvalue weighted by Crippen LogP contribution is -2.46. The highest BCUT2D eigenvalue weighted by molar-refractivity contribution is 6.39. The maximum atomic E-state index is 11.9. The van der Waals surface area contributed by atoms with E-state index in [1.165, 1.54) is 7.05 Å². The van der Waals surface area contributed by atoms with E-state index in [0.717, 1.165) is 5.01 Å². The van der Waals surface area contributed by atoms with Crippen molar-refractivity contribution in [3.8, 4) is 0 Å². The third-order valence-electron chi connectivity index (χ3n) is 2.58. The molecule has 1 aliphatic heterocycles. The fourth-order valence-corrected chi connectivity index (χ4v) is 1.56. The Bertz CT molecular complexity index is 451. The third-order valence-corrected chi connectivity index (χ3v) is 2.58. The number of esters is 1. The van der Waals surface area contributed by atoms with Crippen molar-refractivity contribution in [2.75, 3.05) is 7.05 Å². The van der Waals surface area contributed by atoms with Crippen molar-refractivity contribution in [2.45, 2.75) is 52.2 Å². The Morgan fingerprint density at radius 1 is 1.35 bits per heavy atom. The van der Waals surface area contributed by atoms with E-state index < -0.39 is 23.5 Å². The van der Waals surface area contributed by atoms with E-state index in [1.807, 2.05) is 0 Å². The van der Waals surface area contributed by atoms with Gasteiger partial charge in [-0.2, -0.15) is 5.10 Å². The number of amides is 2. The minimum atomic E-state index is -0.771. The lowest BCUT2D eigenvalue weighted by atomic mass is 10.1. The van der Waals surface area contributed by atoms with Crippen molar-refractivity contribution in [3.63, 3.8) is 0 Å². The number of rotatable bonds is 3. The molecule has 112 valence electrons. The van der Waals surface area contributed by atoms with Crippen LogP contribution in [-0.4, -0.2) is 47.2 Å². The number of ether oxygens (including phenoxy) is 1. The van der Waals surface area contributed by atoms with Crippen LogP contribution in [0.4, 0.5) is 0 Å². The number of carbonyl (C=O) groups is 3. The summed E-state index contributed by atoms with van der Waals surface area (Å²) < 4.78 is 5.17. The average Bonchev–Trinajstić information content (AvgIpc) is 2.30. The molecule has 1 rings (SSSR count). The van der Waals surface area contributed by atoms with Crippen molar-refractivity contribution in [1.82, 2.24) is 10.3 Å². The highest BCUT2D eigenvalue weighted by atomic mass is 16.6. The standard InChI is InChI=1S/C13H21N3O4/c1-8(12(19)20-13(2,3)4)14-11(18)9-6-7-10(17)16(5)15-9/h8H,6-7H2,1-5H3,(H,14,18)/t8-/m0/s1. The van der Waals surface area contributed by atoms with E-state index in [0.29, 0.717) is 0 Å². The Kier molecular flexibility index (Phi) is 4.86. The van der Waals surface area contributed by atoms with Crippen molar-refractivity contribution in [3.05, 3.63) is 0 Å². The highest BCUT2D eigenvalue weighted by Crippen LogP contribution is 2.09. The zero-order valence-corrected chi connectivity index (χ0v) is 12.5. The van der Waals surface area contributed by atoms with Gasteiger partial charge >= 0.3 is 5.97 Å². The molecule has 0 aliphatic carbocycles. The molecule has 0 fully saturated rings. The van der Waals surface area contributed by atoms with Crippen LogP contribution < -0.4 is 5.32 Å². The molecule has 0 bridgehead atoms. The van der Waals surface area contributed by atoms with Gasteiger partial charge in [0.1, 0.15) is 17.4 Å². The molecule has 1 atom stereocenters. The first kappa shape index (κ1) is 16.1. The van der Waals surface area contributed by atoms with E-state index in [2.05, 4.69) is 10.4 Å². The average molecular weight is 283 g/mol. The van der Waals surface area contributed by atoms with Gasteiger partial charge in [0.2, 0.25) is 5.91 Å². The number of nitrogens with one attached hydrogen (secondary N) is 1. The van der Waals surface area contributed by atoms with Crippen molar-refractivity contribution < 1.29 is 19.1 Å². The summed E-state index contributed by atoms with van der Waals surface area (Å²) in [6, 6.07) is -0.771. The molecule has 0 aromatic rings. The Balaban J connectivity index is 2.60. The summed E-state index contributed by atoms with van der Waals surface area (Å²) in [6.45, 7) is 6.81. The SMILES string of the molecule is C[C@H](NC(=O)C1=NN(C)C(=O)CC1)C(=O)OC(C)(C)C. The molecule has 1 N–H and O–H groups in total. The van der Waals surface area contributed by atoms with Gasteiger partial charge in [-0.15, -0.1) is 0 Å². The lowest BCUT2D eigenvalue weighted by Gasteiger charge is -2.23. The van der Waals surface area contributed by atoms with Gasteiger partial charge in [-0.1, -0.05) is 0 Å². The summed E-state index contributed by atoms with van der Waals surface area (Å²) in [5.41, 5.74) is -0.368. The third kappa shape index (κ3) is 4.64. The van der Waals surface area contributed by atoms with Gasteiger partial charge < -0.3 is 10.1 Å². The molecule has 0 spiro atoms. The van der Waals surface area contributed by atoms with Gasteiger partial charge in [0.15, 0.2) is 0 Å². The van der Waals surface area contributed by atoms with E-state index in [9.17, 15) is 14.4 Å². The number of hydrogen-bond acceptors (Lipinski definition) is 5. The first-order valence-electron chi connectivity index (χ1n) is 6.48. The predicted molar refractivity (Wildman–Crippen MR) is 72.9 cm³/mol. The second-order valence-corrected chi connectivity index (χ2v) is 5.69. The van der Waals surface area contributed by atoms with Gasteiger partial charge in [0, 0.05) is 19.9 Å². The Labute approximate surface area is 118 Å². The summed E-state index contributed by atoms with van der Waals surface area (Å²) in [7, 11) is 1.49. The van der Waals surface area contributed by atoms with Gasteiger partial charge in [-0.25, -0.2) is 9.80 Å². The molecule has 20 heavy (non-hydrogen) atoms. The molecule has 0 saturated carbocycles. The van der Waals surface area contributed by atoms with Gasteiger partial charge in [0.05, 0.1) is 0 Å². The smallest absolute Gasteiger partial charge is 0.328 e. The largest absolute Gasteiger partial charge is 0.458 e. The molecule has 0 unspecified atom stereocenters. The van der Waals surface area contributed by atoms with E-state index in [1.54, 1.807) is 27.7 Å². The molecule has 0 saturated heterocycles. The normalized spacial score (nSPS) is 17.4. The molecule has 1 heterocycles. The topological polar surface area (TPSA) is 88.1 Å². The second-order valence-electron chi connectivity index (χ2n) is 5.69. The molecule has 1 aliphatic rings. The van der Waals surface area contributed by atoms with E-state index >= 15 is 0 Å². The summed E-state index contributed by atoms with van der Waals surface area (Å²) in [4.78, 5) is 35.0. The Hall–Kier alpha value is -1.92. The molecule has 0 radical (unpaired) electrons. The van der Waals surface area contributed by atoms with Crippen molar-refractivity contribution >= 4 is 23.5 Å². The van der Waals surface area contributed by atoms with Crippen LogP contribution in [0.1, 0.15) is 40.5 Å². The molecule has 7 heteroatoms. The van der Waals surface area contributed by atoms with Crippen LogP contribution in [0.15, 0.2) is 5.10 Å². The van der Waals surface area contributed by atoms with Gasteiger partial charge in [-0.3, -0.25) is 9.59 Å². The summed E-state index contributed by atoms with van der Waals surface area (Å²) in [5, 5.41) is 7.55. The van der Waals surface area contributed by atoms with E-state index in [-0.39, 0.29) is 24.5 Å². The quantitative estimate of drug-likeness (QED) is 0.761. The zero-order valence-electron chi connectivity index (χ0n) is 12.5. The molecule has 7 nitrogen and oxygen atoms in total. The van der Waals surface area contributed by atoms with Crippen molar-refractivity contribution in [1.29, 1.82) is 0 Å². The van der Waals surface area contributed by atoms with Crippen LogP contribution in [0.2, 0.25) is 0 Å². The van der Waals surface area contributed by atoms with E-state index in [4.69, 9.17) is 4.74 Å². The first-order chi connectivity index (χ1) is 9.10. The van der Waals surface area contributed by atoms with Crippen LogP contribution >= 0.6 is 0 Å². The predicted octanol–water partition coefficient (Wildman–Crippen LogP) is 0.441. The molecular formula is C13H21N3O4. The van der Waals surface area contributed by atoms with Crippen molar-refractivity contribution in [2.24, 2.45) is 5.10 Å². The Morgan fingerprint density at radius 2 is 1.95 bits per heavy atom. The Morgan fingerprint density at radius 3 is 2.45 bits per heavy atom. The minimum absolute atomic E-state index is 0.137. The number of hydrazone groups is 1. The fraction of sp³-hybridized carbons (Fsp3) is 0.692.